The first kappa shape index (κ1) is 16.9. The smallest absolute Gasteiger partial charge is 0.334 e. The lowest BCUT2D eigenvalue weighted by Crippen LogP contribution is -2.58. The lowest BCUT2D eigenvalue weighted by Gasteiger charge is -2.61. The van der Waals surface area contributed by atoms with Crippen molar-refractivity contribution in [1.29, 1.82) is 0 Å². The van der Waals surface area contributed by atoms with Crippen LogP contribution in [-0.2, 0) is 19.1 Å². The maximum Gasteiger partial charge on any atom is 0.334 e. The van der Waals surface area contributed by atoms with Crippen molar-refractivity contribution in [2.75, 3.05) is 6.61 Å². The van der Waals surface area contributed by atoms with Crippen LogP contribution in [0.25, 0.3) is 0 Å². The van der Waals surface area contributed by atoms with Gasteiger partial charge in [-0.1, -0.05) is 25.5 Å². The molecule has 0 amide bonds. The molecule has 0 saturated heterocycles. The van der Waals surface area contributed by atoms with E-state index >= 15 is 0 Å². The van der Waals surface area contributed by atoms with Gasteiger partial charge in [-0.3, -0.25) is 4.79 Å². The first-order chi connectivity index (χ1) is 11.8. The normalized spacial score (nSPS) is 42.8. The second-order valence-electron chi connectivity index (χ2n) is 8.85. The van der Waals surface area contributed by atoms with Crippen LogP contribution in [0.4, 0.5) is 0 Å². The molecule has 1 aliphatic heterocycles. The second kappa shape index (κ2) is 5.46. The largest absolute Gasteiger partial charge is 0.462 e. The summed E-state index contributed by atoms with van der Waals surface area (Å²) >= 11 is 0. The molecular formula is C21H28O4. The molecule has 4 aliphatic rings. The molecule has 1 saturated carbocycles. The maximum atomic E-state index is 12.1. The SMILES string of the molecule is CC(=O)O[C@H]1C[C@@]2(C)C(C)=CCC[C@@H]2[C@@]2(C)CCC3=C(COC3=O)[C@H]12. The van der Waals surface area contributed by atoms with E-state index in [1.807, 2.05) is 0 Å². The Morgan fingerprint density at radius 3 is 2.84 bits per heavy atom. The maximum absolute atomic E-state index is 12.1. The third-order valence-electron chi connectivity index (χ3n) is 7.68. The molecule has 136 valence electrons. The lowest BCUT2D eigenvalue weighted by molar-refractivity contribution is -0.168. The van der Waals surface area contributed by atoms with Gasteiger partial charge in [0.15, 0.2) is 0 Å². The van der Waals surface area contributed by atoms with Gasteiger partial charge in [0.05, 0.1) is 0 Å². The molecule has 4 heteroatoms. The highest BCUT2D eigenvalue weighted by Crippen LogP contribution is 2.66. The number of ether oxygens (including phenoxy) is 2. The van der Waals surface area contributed by atoms with E-state index in [-0.39, 0.29) is 34.8 Å². The molecule has 0 radical (unpaired) electrons. The van der Waals surface area contributed by atoms with Crippen LogP contribution in [0.2, 0.25) is 0 Å². The van der Waals surface area contributed by atoms with Crippen LogP contribution in [-0.4, -0.2) is 24.6 Å². The van der Waals surface area contributed by atoms with Gasteiger partial charge in [0.2, 0.25) is 0 Å². The van der Waals surface area contributed by atoms with Gasteiger partial charge in [-0.25, -0.2) is 4.79 Å². The van der Waals surface area contributed by atoms with E-state index in [1.165, 1.54) is 18.9 Å². The zero-order chi connectivity index (χ0) is 18.0. The molecule has 0 bridgehead atoms. The summed E-state index contributed by atoms with van der Waals surface area (Å²) in [5.41, 5.74) is 3.49. The van der Waals surface area contributed by atoms with Gasteiger partial charge in [0.25, 0.3) is 0 Å². The predicted octanol–water partition coefficient (Wildman–Crippen LogP) is 3.95. The number of hydrogen-bond donors (Lipinski definition) is 0. The summed E-state index contributed by atoms with van der Waals surface area (Å²) in [4.78, 5) is 24.0. The molecule has 0 aromatic carbocycles. The van der Waals surface area contributed by atoms with E-state index in [2.05, 4.69) is 26.8 Å². The minimum absolute atomic E-state index is 0.0372. The minimum Gasteiger partial charge on any atom is -0.462 e. The van der Waals surface area contributed by atoms with E-state index in [0.29, 0.717) is 12.5 Å². The number of esters is 2. The number of carbonyl (C=O) groups excluding carboxylic acids is 2. The highest BCUT2D eigenvalue weighted by Gasteiger charge is 2.62. The first-order valence-corrected chi connectivity index (χ1v) is 9.51. The average Bonchev–Trinajstić information content (AvgIpc) is 2.89. The van der Waals surface area contributed by atoms with Crippen LogP contribution in [0.15, 0.2) is 22.8 Å². The average molecular weight is 344 g/mol. The monoisotopic (exact) mass is 344 g/mol. The Hall–Kier alpha value is -1.58. The number of rotatable bonds is 1. The van der Waals surface area contributed by atoms with Crippen LogP contribution in [0.1, 0.15) is 59.8 Å². The van der Waals surface area contributed by atoms with Gasteiger partial charge in [0, 0.05) is 18.4 Å². The molecule has 5 atom stereocenters. The molecule has 0 spiro atoms. The van der Waals surface area contributed by atoms with Crippen LogP contribution in [0.3, 0.4) is 0 Å². The highest BCUT2D eigenvalue weighted by atomic mass is 16.5. The van der Waals surface area contributed by atoms with Crippen molar-refractivity contribution in [3.8, 4) is 0 Å². The third kappa shape index (κ3) is 2.25. The summed E-state index contributed by atoms with van der Waals surface area (Å²) in [7, 11) is 0. The Labute approximate surface area is 149 Å². The van der Waals surface area contributed by atoms with E-state index in [0.717, 1.165) is 36.8 Å². The molecule has 4 nitrogen and oxygen atoms in total. The summed E-state index contributed by atoms with van der Waals surface area (Å²) < 4.78 is 11.2. The van der Waals surface area contributed by atoms with Crippen LogP contribution >= 0.6 is 0 Å². The van der Waals surface area contributed by atoms with E-state index in [4.69, 9.17) is 9.47 Å². The molecule has 25 heavy (non-hydrogen) atoms. The van der Waals surface area contributed by atoms with Crippen molar-refractivity contribution >= 4 is 11.9 Å². The molecule has 0 aromatic heterocycles. The molecule has 3 aliphatic carbocycles. The minimum atomic E-state index is -0.232. The summed E-state index contributed by atoms with van der Waals surface area (Å²) in [5.74, 6) is 0.263. The first-order valence-electron chi connectivity index (χ1n) is 9.51. The zero-order valence-corrected chi connectivity index (χ0v) is 15.7. The Morgan fingerprint density at radius 2 is 2.12 bits per heavy atom. The molecule has 0 unspecified atom stereocenters. The van der Waals surface area contributed by atoms with Gasteiger partial charge < -0.3 is 9.47 Å². The Kier molecular flexibility index (Phi) is 3.68. The van der Waals surface area contributed by atoms with Gasteiger partial charge in [-0.15, -0.1) is 0 Å². The Balaban J connectivity index is 1.84. The van der Waals surface area contributed by atoms with Crippen molar-refractivity contribution in [1.82, 2.24) is 0 Å². The Bertz CT molecular complexity index is 703. The fraction of sp³-hybridized carbons (Fsp3) is 0.714. The van der Waals surface area contributed by atoms with Gasteiger partial charge in [-0.2, -0.15) is 0 Å². The Morgan fingerprint density at radius 1 is 1.36 bits per heavy atom. The molecule has 1 fully saturated rings. The number of cyclic esters (lactones) is 1. The summed E-state index contributed by atoms with van der Waals surface area (Å²) in [6.45, 7) is 8.81. The van der Waals surface area contributed by atoms with E-state index in [9.17, 15) is 9.59 Å². The predicted molar refractivity (Wildman–Crippen MR) is 93.6 cm³/mol. The number of allylic oxidation sites excluding steroid dienone is 2. The van der Waals surface area contributed by atoms with Gasteiger partial charge >= 0.3 is 11.9 Å². The molecule has 0 N–H and O–H groups in total. The molecule has 4 rings (SSSR count). The summed E-state index contributed by atoms with van der Waals surface area (Å²) in [6, 6.07) is 0. The van der Waals surface area contributed by atoms with Gasteiger partial charge in [0.1, 0.15) is 12.7 Å². The lowest BCUT2D eigenvalue weighted by atomic mass is 9.43. The highest BCUT2D eigenvalue weighted by molar-refractivity contribution is 5.92. The van der Waals surface area contributed by atoms with E-state index in [1.54, 1.807) is 0 Å². The zero-order valence-electron chi connectivity index (χ0n) is 15.7. The number of carbonyl (C=O) groups is 2. The molecular weight excluding hydrogens is 316 g/mol. The fourth-order valence-corrected chi connectivity index (χ4v) is 6.49. The number of fused-ring (bicyclic) bond motifs is 4. The summed E-state index contributed by atoms with van der Waals surface area (Å²) in [6.07, 6.45) is 7.08. The quantitative estimate of drug-likeness (QED) is 0.534. The van der Waals surface area contributed by atoms with Crippen molar-refractivity contribution in [3.63, 3.8) is 0 Å². The molecule has 1 heterocycles. The fourth-order valence-electron chi connectivity index (χ4n) is 6.49. The van der Waals surface area contributed by atoms with Crippen molar-refractivity contribution in [3.05, 3.63) is 22.8 Å². The van der Waals surface area contributed by atoms with Crippen molar-refractivity contribution in [2.24, 2.45) is 22.7 Å². The van der Waals surface area contributed by atoms with E-state index < -0.39 is 0 Å². The second-order valence-corrected chi connectivity index (χ2v) is 8.85. The van der Waals surface area contributed by atoms with Crippen LogP contribution in [0.5, 0.6) is 0 Å². The van der Waals surface area contributed by atoms with Gasteiger partial charge in [-0.05, 0) is 61.3 Å². The molecule has 0 aromatic rings. The summed E-state index contributed by atoms with van der Waals surface area (Å²) in [5, 5.41) is 0. The standard InChI is InChI=1S/C21H28O4/c1-12-6-5-7-17-20(3)9-8-14-15(11-24-19(14)23)18(20)16(25-13(2)22)10-21(12,17)4/h6,16-18H,5,7-11H2,1-4H3/t16-,17+,18+,20+,21-/m0/s1. The number of hydrogen-bond acceptors (Lipinski definition) is 4. The van der Waals surface area contributed by atoms with Crippen LogP contribution < -0.4 is 0 Å². The van der Waals surface area contributed by atoms with Crippen molar-refractivity contribution < 1.29 is 19.1 Å². The van der Waals surface area contributed by atoms with Crippen molar-refractivity contribution in [2.45, 2.75) is 65.9 Å². The third-order valence-corrected chi connectivity index (χ3v) is 7.68. The topological polar surface area (TPSA) is 52.6 Å². The van der Waals surface area contributed by atoms with Crippen LogP contribution in [0, 0.1) is 22.7 Å².